The summed E-state index contributed by atoms with van der Waals surface area (Å²) in [7, 11) is -2.97. The van der Waals surface area contributed by atoms with Gasteiger partial charge in [-0.3, -0.25) is 9.69 Å². The highest BCUT2D eigenvalue weighted by Crippen LogP contribution is 2.31. The van der Waals surface area contributed by atoms with Gasteiger partial charge in [-0.1, -0.05) is 38.1 Å². The van der Waals surface area contributed by atoms with Gasteiger partial charge in [-0.05, 0) is 56.2 Å². The second-order valence-electron chi connectivity index (χ2n) is 9.67. The first-order valence-corrected chi connectivity index (χ1v) is 13.2. The predicted octanol–water partition coefficient (Wildman–Crippen LogP) is 4.44. The Kier molecular flexibility index (Phi) is 6.14. The molecule has 0 bridgehead atoms. The fraction of sp³-hybridized carbons (Fsp3) is 0.560. The van der Waals surface area contributed by atoms with Crippen molar-refractivity contribution in [3.63, 3.8) is 0 Å². The Morgan fingerprint density at radius 2 is 1.81 bits per heavy atom. The lowest BCUT2D eigenvalue weighted by Gasteiger charge is -2.22. The highest BCUT2D eigenvalue weighted by molar-refractivity contribution is 7.91. The van der Waals surface area contributed by atoms with E-state index in [1.54, 1.807) is 0 Å². The van der Waals surface area contributed by atoms with E-state index >= 15 is 0 Å². The van der Waals surface area contributed by atoms with Crippen LogP contribution in [0.3, 0.4) is 0 Å². The minimum atomic E-state index is -2.97. The van der Waals surface area contributed by atoms with Crippen LogP contribution in [0.4, 0.5) is 0 Å². The van der Waals surface area contributed by atoms with Crippen LogP contribution in [-0.2, 0) is 16.4 Å². The van der Waals surface area contributed by atoms with Crippen LogP contribution in [0.5, 0.6) is 0 Å². The first-order chi connectivity index (χ1) is 14.6. The highest BCUT2D eigenvalue weighted by atomic mass is 32.2. The van der Waals surface area contributed by atoms with Crippen molar-refractivity contribution in [3.05, 3.63) is 58.4 Å². The summed E-state index contributed by atoms with van der Waals surface area (Å²) in [6.45, 7) is 9.52. The van der Waals surface area contributed by atoms with Gasteiger partial charge in [-0.25, -0.2) is 8.42 Å². The Bertz CT molecular complexity index is 1060. The molecule has 1 aromatic carbocycles. The molecule has 5 nitrogen and oxygen atoms in total. The zero-order chi connectivity index (χ0) is 22.3. The number of aromatic nitrogens is 1. The third-order valence-electron chi connectivity index (χ3n) is 6.80. The molecular weight excluding hydrogens is 408 g/mol. The molecule has 0 N–H and O–H groups in total. The van der Waals surface area contributed by atoms with Crippen LogP contribution in [0.15, 0.2) is 30.3 Å². The van der Waals surface area contributed by atoms with Gasteiger partial charge in [0.05, 0.1) is 18.1 Å². The zero-order valence-corrected chi connectivity index (χ0v) is 19.9. The smallest absolute Gasteiger partial charge is 0.178 e. The van der Waals surface area contributed by atoms with Crippen molar-refractivity contribution >= 4 is 15.6 Å². The van der Waals surface area contributed by atoms with Gasteiger partial charge < -0.3 is 4.57 Å². The average Bonchev–Trinajstić information content (AvgIpc) is 3.43. The molecule has 0 amide bonds. The van der Waals surface area contributed by atoms with Crippen LogP contribution >= 0.6 is 0 Å². The van der Waals surface area contributed by atoms with Gasteiger partial charge in [0.25, 0.3) is 0 Å². The number of carbonyl (C=O) groups excluding carboxylic acids is 1. The topological polar surface area (TPSA) is 59.4 Å². The molecule has 168 valence electrons. The van der Waals surface area contributed by atoms with Crippen LogP contribution in [-0.4, -0.2) is 47.8 Å². The van der Waals surface area contributed by atoms with Gasteiger partial charge in [-0.15, -0.1) is 0 Å². The van der Waals surface area contributed by atoms with E-state index < -0.39 is 9.84 Å². The molecule has 1 atom stereocenters. The number of Topliss-reactive ketones (excluding diaryl/α,β-unsaturated/α-hetero) is 1. The van der Waals surface area contributed by atoms with E-state index in [0.29, 0.717) is 24.9 Å². The molecule has 4 rings (SSSR count). The van der Waals surface area contributed by atoms with E-state index in [0.717, 1.165) is 36.3 Å². The van der Waals surface area contributed by atoms with E-state index in [9.17, 15) is 13.2 Å². The van der Waals surface area contributed by atoms with Crippen LogP contribution in [0, 0.1) is 13.8 Å². The first kappa shape index (κ1) is 22.3. The molecule has 2 aromatic rings. The third-order valence-corrected chi connectivity index (χ3v) is 8.55. The Morgan fingerprint density at radius 3 is 2.35 bits per heavy atom. The molecule has 1 saturated carbocycles. The maximum Gasteiger partial charge on any atom is 0.178 e. The number of hydrogen-bond acceptors (Lipinski definition) is 4. The van der Waals surface area contributed by atoms with Crippen molar-refractivity contribution in [2.75, 3.05) is 18.1 Å². The molecule has 1 unspecified atom stereocenters. The summed E-state index contributed by atoms with van der Waals surface area (Å²) in [5, 5.41) is 0. The van der Waals surface area contributed by atoms with E-state index in [1.807, 2.05) is 19.9 Å². The van der Waals surface area contributed by atoms with E-state index in [1.165, 1.54) is 11.1 Å². The Labute approximate surface area is 186 Å². The predicted molar refractivity (Wildman–Crippen MR) is 125 cm³/mol. The molecule has 31 heavy (non-hydrogen) atoms. The van der Waals surface area contributed by atoms with Crippen LogP contribution in [0.2, 0.25) is 0 Å². The number of nitrogens with zero attached hydrogens (tertiary/aromatic N) is 2. The number of ketones is 1. The first-order valence-electron chi connectivity index (χ1n) is 11.4. The fourth-order valence-corrected chi connectivity index (χ4v) is 6.57. The van der Waals surface area contributed by atoms with Gasteiger partial charge in [0, 0.05) is 35.6 Å². The molecule has 1 aromatic heterocycles. The zero-order valence-electron chi connectivity index (χ0n) is 19.1. The number of hydrogen-bond donors (Lipinski definition) is 0. The largest absolute Gasteiger partial charge is 0.344 e. The normalized spacial score (nSPS) is 20.6. The SMILES string of the molecule is Cc1cc(C(=O)CN(Cc2ccc(C(C)C)cc2)C2CC2)c(C)n1C1CCS(=O)(=O)C1. The van der Waals surface area contributed by atoms with Crippen molar-refractivity contribution in [1.82, 2.24) is 9.47 Å². The average molecular weight is 443 g/mol. The molecule has 2 heterocycles. The summed E-state index contributed by atoms with van der Waals surface area (Å²) in [6, 6.07) is 11.1. The Hall–Kier alpha value is -1.92. The summed E-state index contributed by atoms with van der Waals surface area (Å²) < 4.78 is 26.0. The minimum Gasteiger partial charge on any atom is -0.344 e. The van der Waals surface area contributed by atoms with E-state index in [-0.39, 0.29) is 23.3 Å². The number of carbonyl (C=O) groups is 1. The van der Waals surface area contributed by atoms with Crippen molar-refractivity contribution < 1.29 is 13.2 Å². The lowest BCUT2D eigenvalue weighted by Crippen LogP contribution is -2.31. The second kappa shape index (κ2) is 8.55. The van der Waals surface area contributed by atoms with Gasteiger partial charge in [0.1, 0.15) is 0 Å². The maximum absolute atomic E-state index is 13.3. The van der Waals surface area contributed by atoms with Crippen molar-refractivity contribution in [2.45, 2.75) is 71.5 Å². The van der Waals surface area contributed by atoms with Gasteiger partial charge in [0.15, 0.2) is 15.6 Å². The van der Waals surface area contributed by atoms with Crippen LogP contribution in [0.25, 0.3) is 0 Å². The third kappa shape index (κ3) is 4.96. The van der Waals surface area contributed by atoms with Gasteiger partial charge in [0.2, 0.25) is 0 Å². The van der Waals surface area contributed by atoms with Gasteiger partial charge in [-0.2, -0.15) is 0 Å². The molecule has 2 fully saturated rings. The van der Waals surface area contributed by atoms with Crippen LogP contribution in [0.1, 0.15) is 77.9 Å². The van der Waals surface area contributed by atoms with Crippen molar-refractivity contribution in [2.24, 2.45) is 0 Å². The summed E-state index contributed by atoms with van der Waals surface area (Å²) >= 11 is 0. The molecule has 2 aliphatic rings. The van der Waals surface area contributed by atoms with Crippen LogP contribution < -0.4 is 0 Å². The minimum absolute atomic E-state index is 0.0504. The fourth-order valence-electron chi connectivity index (χ4n) is 4.87. The lowest BCUT2D eigenvalue weighted by molar-refractivity contribution is 0.0918. The van der Waals surface area contributed by atoms with Crippen molar-refractivity contribution in [1.29, 1.82) is 0 Å². The quantitative estimate of drug-likeness (QED) is 0.567. The monoisotopic (exact) mass is 442 g/mol. The summed E-state index contributed by atoms with van der Waals surface area (Å²) in [5.41, 5.74) is 5.19. The van der Waals surface area contributed by atoms with E-state index in [2.05, 4.69) is 47.6 Å². The standard InChI is InChI=1S/C25H34N2O3S/c1-17(2)21-7-5-20(6-8-21)14-26(22-9-10-22)15-25(28)24-13-18(3)27(19(24)4)23-11-12-31(29,30)16-23/h5-8,13,17,22-23H,9-12,14-16H2,1-4H3. The molecule has 1 aliphatic carbocycles. The molecule has 0 spiro atoms. The molecule has 0 radical (unpaired) electrons. The molecule has 1 aliphatic heterocycles. The summed E-state index contributed by atoms with van der Waals surface area (Å²) in [6.07, 6.45) is 2.93. The van der Waals surface area contributed by atoms with Crippen molar-refractivity contribution in [3.8, 4) is 0 Å². The summed E-state index contributed by atoms with van der Waals surface area (Å²) in [5.74, 6) is 1.06. The Balaban J connectivity index is 1.49. The maximum atomic E-state index is 13.3. The van der Waals surface area contributed by atoms with E-state index in [4.69, 9.17) is 0 Å². The number of aryl methyl sites for hydroxylation is 1. The summed E-state index contributed by atoms with van der Waals surface area (Å²) in [4.78, 5) is 15.6. The highest BCUT2D eigenvalue weighted by Gasteiger charge is 2.33. The number of sulfone groups is 1. The number of benzene rings is 1. The molecule has 1 saturated heterocycles. The molecule has 6 heteroatoms. The van der Waals surface area contributed by atoms with Gasteiger partial charge >= 0.3 is 0 Å². The second-order valence-corrected chi connectivity index (χ2v) is 11.9. The molecular formula is C25H34N2O3S. The Morgan fingerprint density at radius 1 is 1.13 bits per heavy atom. The number of rotatable bonds is 8. The lowest BCUT2D eigenvalue weighted by atomic mass is 10.0.